The molecule has 0 saturated carbocycles. The molecule has 2 rings (SSSR count). The molecule has 2 amide bonds. The predicted molar refractivity (Wildman–Crippen MR) is 76.6 cm³/mol. The van der Waals surface area contributed by atoms with Crippen LogP contribution >= 0.6 is 0 Å². The molecule has 8 nitrogen and oxygen atoms in total. The Morgan fingerprint density at radius 3 is 2.52 bits per heavy atom. The number of rotatable bonds is 1. The highest BCUT2D eigenvalue weighted by Crippen LogP contribution is 2.16. The average molecular weight is 293 g/mol. The molecule has 0 spiro atoms. The second-order valence-electron chi connectivity index (χ2n) is 5.75. The Balaban J connectivity index is 2.01. The number of carbonyl (C=O) groups is 2. The molecule has 114 valence electrons. The maximum atomic E-state index is 12.1. The minimum absolute atomic E-state index is 0.0407. The minimum Gasteiger partial charge on any atom is -0.444 e. The Kier molecular flexibility index (Phi) is 3.97. The molecule has 0 radical (unpaired) electrons. The largest absolute Gasteiger partial charge is 0.444 e. The number of piperazine rings is 1. The first-order chi connectivity index (χ1) is 9.76. The van der Waals surface area contributed by atoms with Crippen molar-refractivity contribution in [3.63, 3.8) is 0 Å². The predicted octanol–water partition coefficient (Wildman–Crippen LogP) is 0.643. The van der Waals surface area contributed by atoms with Crippen LogP contribution in [-0.4, -0.2) is 52.1 Å². The molecule has 0 aromatic carbocycles. The SMILES string of the molecule is CC(C)(C)OC(=O)N1CCN(c2cnc(N)cn2)C(=O)C1. The summed E-state index contributed by atoms with van der Waals surface area (Å²) in [7, 11) is 0. The van der Waals surface area contributed by atoms with Gasteiger partial charge in [0.1, 0.15) is 18.0 Å². The fraction of sp³-hybridized carbons (Fsp3) is 0.538. The van der Waals surface area contributed by atoms with E-state index in [9.17, 15) is 9.59 Å². The monoisotopic (exact) mass is 293 g/mol. The average Bonchev–Trinajstić information content (AvgIpc) is 2.38. The Hall–Kier alpha value is -2.38. The molecule has 1 fully saturated rings. The number of hydrogen-bond donors (Lipinski definition) is 1. The first kappa shape index (κ1) is 15.0. The third-order valence-electron chi connectivity index (χ3n) is 2.81. The number of anilines is 2. The van der Waals surface area contributed by atoms with E-state index in [1.54, 1.807) is 20.8 Å². The quantitative estimate of drug-likeness (QED) is 0.815. The van der Waals surface area contributed by atoms with Crippen molar-refractivity contribution in [2.45, 2.75) is 26.4 Å². The fourth-order valence-corrected chi connectivity index (χ4v) is 1.87. The van der Waals surface area contributed by atoms with Crippen LogP contribution in [0.1, 0.15) is 20.8 Å². The van der Waals surface area contributed by atoms with Crippen LogP contribution in [0.4, 0.5) is 16.4 Å². The molecule has 1 aliphatic heterocycles. The van der Waals surface area contributed by atoms with Gasteiger partial charge < -0.3 is 10.5 Å². The maximum Gasteiger partial charge on any atom is 0.410 e. The van der Waals surface area contributed by atoms with Gasteiger partial charge in [0.2, 0.25) is 5.91 Å². The molecular formula is C13H19N5O3. The summed E-state index contributed by atoms with van der Waals surface area (Å²) in [5, 5.41) is 0. The van der Waals surface area contributed by atoms with Gasteiger partial charge in [0.15, 0.2) is 5.82 Å². The van der Waals surface area contributed by atoms with Crippen LogP contribution in [0.5, 0.6) is 0 Å². The molecule has 0 atom stereocenters. The first-order valence-electron chi connectivity index (χ1n) is 6.62. The summed E-state index contributed by atoms with van der Waals surface area (Å²) in [5.41, 5.74) is 4.88. The van der Waals surface area contributed by atoms with Gasteiger partial charge in [-0.2, -0.15) is 0 Å². The molecule has 2 heterocycles. The van der Waals surface area contributed by atoms with Gasteiger partial charge in [0, 0.05) is 13.1 Å². The zero-order valence-corrected chi connectivity index (χ0v) is 12.4. The van der Waals surface area contributed by atoms with E-state index in [0.717, 1.165) is 0 Å². The Morgan fingerprint density at radius 2 is 2.00 bits per heavy atom. The number of carbonyl (C=O) groups excluding carboxylic acids is 2. The van der Waals surface area contributed by atoms with Crippen LogP contribution in [0.25, 0.3) is 0 Å². The van der Waals surface area contributed by atoms with E-state index < -0.39 is 11.7 Å². The van der Waals surface area contributed by atoms with Gasteiger partial charge in [-0.1, -0.05) is 0 Å². The number of aromatic nitrogens is 2. The molecular weight excluding hydrogens is 274 g/mol. The van der Waals surface area contributed by atoms with Crippen LogP contribution in [0, 0.1) is 0 Å². The highest BCUT2D eigenvalue weighted by molar-refractivity contribution is 5.96. The lowest BCUT2D eigenvalue weighted by atomic mass is 10.2. The van der Waals surface area contributed by atoms with Gasteiger partial charge in [0.25, 0.3) is 0 Å². The summed E-state index contributed by atoms with van der Waals surface area (Å²) in [6.07, 6.45) is 2.35. The molecule has 1 saturated heterocycles. The topological polar surface area (TPSA) is 102 Å². The van der Waals surface area contributed by atoms with Crippen molar-refractivity contribution >= 4 is 23.6 Å². The lowest BCUT2D eigenvalue weighted by Gasteiger charge is -2.34. The highest BCUT2D eigenvalue weighted by Gasteiger charge is 2.31. The second-order valence-corrected chi connectivity index (χ2v) is 5.75. The van der Waals surface area contributed by atoms with Crippen molar-refractivity contribution in [1.82, 2.24) is 14.9 Å². The maximum absolute atomic E-state index is 12.1. The number of nitrogen functional groups attached to an aromatic ring is 1. The standard InChI is InChI=1S/C13H19N5O3/c1-13(2,3)21-12(20)17-4-5-18(11(19)8-17)10-7-15-9(14)6-16-10/h6-7H,4-5,8H2,1-3H3,(H2,14,15). The van der Waals surface area contributed by atoms with Gasteiger partial charge in [0.05, 0.1) is 12.4 Å². The zero-order chi connectivity index (χ0) is 15.6. The normalized spacial score (nSPS) is 16.0. The Morgan fingerprint density at radius 1 is 1.29 bits per heavy atom. The molecule has 0 unspecified atom stereocenters. The van der Waals surface area contributed by atoms with Gasteiger partial charge in [-0.15, -0.1) is 0 Å². The molecule has 1 aromatic heterocycles. The number of ether oxygens (including phenoxy) is 1. The molecule has 0 aliphatic carbocycles. The Bertz CT molecular complexity index is 538. The van der Waals surface area contributed by atoms with E-state index in [1.165, 1.54) is 22.2 Å². The smallest absolute Gasteiger partial charge is 0.410 e. The summed E-state index contributed by atoms with van der Waals surface area (Å²) in [6.45, 7) is 6.04. The van der Waals surface area contributed by atoms with Gasteiger partial charge in [-0.25, -0.2) is 14.8 Å². The second kappa shape index (κ2) is 5.55. The van der Waals surface area contributed by atoms with E-state index in [4.69, 9.17) is 10.5 Å². The molecule has 0 bridgehead atoms. The lowest BCUT2D eigenvalue weighted by Crippen LogP contribution is -2.53. The number of hydrogen-bond acceptors (Lipinski definition) is 6. The molecule has 1 aromatic rings. The molecule has 8 heteroatoms. The molecule has 1 aliphatic rings. The summed E-state index contributed by atoms with van der Waals surface area (Å²) < 4.78 is 5.25. The van der Waals surface area contributed by atoms with E-state index >= 15 is 0 Å². The van der Waals surface area contributed by atoms with Crippen molar-refractivity contribution in [2.75, 3.05) is 30.3 Å². The number of amides is 2. The number of nitrogens with two attached hydrogens (primary N) is 1. The Labute approximate surface area is 122 Å². The van der Waals surface area contributed by atoms with Crippen molar-refractivity contribution in [2.24, 2.45) is 0 Å². The van der Waals surface area contributed by atoms with E-state index in [2.05, 4.69) is 9.97 Å². The number of nitrogens with zero attached hydrogens (tertiary/aromatic N) is 4. The van der Waals surface area contributed by atoms with Crippen molar-refractivity contribution in [3.05, 3.63) is 12.4 Å². The van der Waals surface area contributed by atoms with E-state index in [0.29, 0.717) is 24.7 Å². The zero-order valence-electron chi connectivity index (χ0n) is 12.4. The van der Waals surface area contributed by atoms with Gasteiger partial charge in [-0.05, 0) is 20.8 Å². The molecule has 21 heavy (non-hydrogen) atoms. The first-order valence-corrected chi connectivity index (χ1v) is 6.62. The van der Waals surface area contributed by atoms with E-state index in [-0.39, 0.29) is 12.5 Å². The molecule has 2 N–H and O–H groups in total. The lowest BCUT2D eigenvalue weighted by molar-refractivity contribution is -0.121. The van der Waals surface area contributed by atoms with Crippen LogP contribution in [0.2, 0.25) is 0 Å². The van der Waals surface area contributed by atoms with Crippen molar-refractivity contribution in [3.8, 4) is 0 Å². The third-order valence-corrected chi connectivity index (χ3v) is 2.81. The van der Waals surface area contributed by atoms with Crippen LogP contribution in [-0.2, 0) is 9.53 Å². The highest BCUT2D eigenvalue weighted by atomic mass is 16.6. The van der Waals surface area contributed by atoms with Crippen LogP contribution in [0.3, 0.4) is 0 Å². The summed E-state index contributed by atoms with van der Waals surface area (Å²) >= 11 is 0. The summed E-state index contributed by atoms with van der Waals surface area (Å²) in [4.78, 5) is 34.9. The van der Waals surface area contributed by atoms with Gasteiger partial charge in [-0.3, -0.25) is 14.6 Å². The summed E-state index contributed by atoms with van der Waals surface area (Å²) in [6, 6.07) is 0. The van der Waals surface area contributed by atoms with E-state index in [1.807, 2.05) is 0 Å². The van der Waals surface area contributed by atoms with Gasteiger partial charge >= 0.3 is 6.09 Å². The summed E-state index contributed by atoms with van der Waals surface area (Å²) in [5.74, 6) is 0.489. The third kappa shape index (κ3) is 3.80. The van der Waals surface area contributed by atoms with Crippen molar-refractivity contribution < 1.29 is 14.3 Å². The van der Waals surface area contributed by atoms with Crippen molar-refractivity contribution in [1.29, 1.82) is 0 Å². The fourth-order valence-electron chi connectivity index (χ4n) is 1.87. The minimum atomic E-state index is -0.584. The van der Waals surface area contributed by atoms with Crippen LogP contribution < -0.4 is 10.6 Å². The van der Waals surface area contributed by atoms with Crippen LogP contribution in [0.15, 0.2) is 12.4 Å².